The van der Waals surface area contributed by atoms with Crippen molar-refractivity contribution in [1.29, 1.82) is 0 Å². The van der Waals surface area contributed by atoms with Crippen molar-refractivity contribution < 1.29 is 14.3 Å². The number of amides is 1. The summed E-state index contributed by atoms with van der Waals surface area (Å²) in [6.07, 6.45) is 6.98. The van der Waals surface area contributed by atoms with Crippen molar-refractivity contribution in [2.24, 2.45) is 5.41 Å². The Labute approximate surface area is 186 Å². The first-order chi connectivity index (χ1) is 14.5. The van der Waals surface area contributed by atoms with Crippen LogP contribution < -0.4 is 5.73 Å². The van der Waals surface area contributed by atoms with Crippen LogP contribution in [0.25, 0.3) is 5.57 Å². The van der Waals surface area contributed by atoms with E-state index in [1.165, 1.54) is 5.57 Å². The van der Waals surface area contributed by atoms with Gasteiger partial charge in [-0.15, -0.1) is 0 Å². The predicted octanol–water partition coefficient (Wildman–Crippen LogP) is 5.14. The lowest BCUT2D eigenvalue weighted by Crippen LogP contribution is -2.59. The number of hydrogen-bond acceptors (Lipinski definition) is 5. The number of ether oxygens (including phenoxy) is 2. The van der Waals surface area contributed by atoms with Gasteiger partial charge in [0, 0.05) is 11.6 Å². The maximum Gasteiger partial charge on any atom is 0.410 e. The number of morpholine rings is 1. The molecule has 2 saturated heterocycles. The summed E-state index contributed by atoms with van der Waals surface area (Å²) in [5.41, 5.74) is 10.2. The second-order valence-electron chi connectivity index (χ2n) is 11.2. The summed E-state index contributed by atoms with van der Waals surface area (Å²) < 4.78 is 11.5. The average molecular weight is 428 g/mol. The van der Waals surface area contributed by atoms with E-state index >= 15 is 0 Å². The summed E-state index contributed by atoms with van der Waals surface area (Å²) in [7, 11) is 0. The quantitative estimate of drug-likeness (QED) is 0.707. The van der Waals surface area contributed by atoms with E-state index in [1.54, 1.807) is 0 Å². The van der Waals surface area contributed by atoms with Gasteiger partial charge < -0.3 is 15.2 Å². The molecule has 1 amide bonds. The molecule has 3 heterocycles. The minimum Gasteiger partial charge on any atom is -0.444 e. The molecule has 0 aromatic carbocycles. The van der Waals surface area contributed by atoms with Crippen molar-refractivity contribution in [3.8, 4) is 0 Å². The van der Waals surface area contributed by atoms with E-state index in [4.69, 9.17) is 20.2 Å². The first-order valence-electron chi connectivity index (χ1n) is 11.6. The first-order valence-corrected chi connectivity index (χ1v) is 11.6. The molecule has 2 bridgehead atoms. The molecule has 2 aliphatic heterocycles. The topological polar surface area (TPSA) is 77.7 Å². The lowest BCUT2D eigenvalue weighted by Gasteiger charge is -2.48. The number of anilines is 1. The van der Waals surface area contributed by atoms with Gasteiger partial charge in [0.25, 0.3) is 0 Å². The van der Waals surface area contributed by atoms with Gasteiger partial charge in [-0.2, -0.15) is 0 Å². The molecule has 170 valence electrons. The summed E-state index contributed by atoms with van der Waals surface area (Å²) in [5, 5.41) is 0. The van der Waals surface area contributed by atoms with E-state index < -0.39 is 5.60 Å². The third-order valence-corrected chi connectivity index (χ3v) is 6.77. The molecule has 2 atom stereocenters. The number of nitrogens with two attached hydrogens (primary N) is 1. The van der Waals surface area contributed by atoms with Gasteiger partial charge in [0.1, 0.15) is 5.60 Å². The maximum atomic E-state index is 12.8. The van der Waals surface area contributed by atoms with Gasteiger partial charge >= 0.3 is 6.09 Å². The summed E-state index contributed by atoms with van der Waals surface area (Å²) in [5.74, 6) is 0.289. The van der Waals surface area contributed by atoms with Crippen molar-refractivity contribution in [3.63, 3.8) is 0 Å². The van der Waals surface area contributed by atoms with Crippen molar-refractivity contribution in [3.05, 3.63) is 29.6 Å². The lowest BCUT2D eigenvalue weighted by atomic mass is 9.77. The van der Waals surface area contributed by atoms with E-state index in [9.17, 15) is 4.79 Å². The highest BCUT2D eigenvalue weighted by atomic mass is 16.6. The van der Waals surface area contributed by atoms with Crippen LogP contribution in [0.3, 0.4) is 0 Å². The molecule has 1 aromatic heterocycles. The van der Waals surface area contributed by atoms with Crippen molar-refractivity contribution >= 4 is 17.4 Å². The maximum absolute atomic E-state index is 12.8. The van der Waals surface area contributed by atoms with Gasteiger partial charge in [0.15, 0.2) is 0 Å². The second-order valence-corrected chi connectivity index (χ2v) is 11.2. The van der Waals surface area contributed by atoms with Gasteiger partial charge in [-0.25, -0.2) is 4.79 Å². The number of nitrogens with zero attached hydrogens (tertiary/aromatic N) is 2. The Morgan fingerprint density at radius 2 is 1.90 bits per heavy atom. The molecule has 3 aliphatic rings. The molecule has 1 aromatic rings. The molecule has 0 saturated carbocycles. The Balaban J connectivity index is 1.54. The third kappa shape index (κ3) is 4.89. The number of piperidine rings is 1. The highest BCUT2D eigenvalue weighted by Crippen LogP contribution is 2.41. The van der Waals surface area contributed by atoms with E-state index in [1.807, 2.05) is 31.7 Å². The number of allylic oxidation sites excluding steroid dienone is 2. The van der Waals surface area contributed by atoms with Crippen LogP contribution in [0.4, 0.5) is 10.5 Å². The Kier molecular flexibility index (Phi) is 5.80. The van der Waals surface area contributed by atoms with Crippen LogP contribution in [0.2, 0.25) is 0 Å². The molecule has 2 unspecified atom stereocenters. The lowest BCUT2D eigenvalue weighted by molar-refractivity contribution is -0.0827. The summed E-state index contributed by atoms with van der Waals surface area (Å²) >= 11 is 0. The largest absolute Gasteiger partial charge is 0.444 e. The van der Waals surface area contributed by atoms with Gasteiger partial charge in [-0.3, -0.25) is 9.88 Å². The second kappa shape index (κ2) is 8.12. The van der Waals surface area contributed by atoms with E-state index in [0.717, 1.165) is 49.2 Å². The smallest absolute Gasteiger partial charge is 0.410 e. The SMILES string of the molecule is CC1(C)CC=C(c2nc(C3CC4COCC(C3)N4C(=O)OC(C)(C)C)ccc2N)CC1. The zero-order valence-electron chi connectivity index (χ0n) is 19.6. The van der Waals surface area contributed by atoms with Crippen molar-refractivity contribution in [1.82, 2.24) is 9.88 Å². The van der Waals surface area contributed by atoms with E-state index in [2.05, 4.69) is 26.0 Å². The highest BCUT2D eigenvalue weighted by molar-refractivity contribution is 5.73. The number of rotatable bonds is 2. The predicted molar refractivity (Wildman–Crippen MR) is 123 cm³/mol. The molecular formula is C25H37N3O3. The number of carbonyl (C=O) groups excluding carboxylic acids is 1. The van der Waals surface area contributed by atoms with Gasteiger partial charge in [-0.1, -0.05) is 19.9 Å². The van der Waals surface area contributed by atoms with Crippen LogP contribution in [0, 0.1) is 5.41 Å². The fraction of sp³-hybridized carbons (Fsp3) is 0.680. The normalized spacial score (nSPS) is 28.1. The summed E-state index contributed by atoms with van der Waals surface area (Å²) in [4.78, 5) is 19.8. The minimum atomic E-state index is -0.501. The number of aromatic nitrogens is 1. The third-order valence-electron chi connectivity index (χ3n) is 6.77. The van der Waals surface area contributed by atoms with Gasteiger partial charge in [0.2, 0.25) is 0 Å². The standard InChI is InChI=1S/C25H37N3O3/c1-24(2,3)31-23(29)28-18-12-17(13-19(28)15-30-14-18)21-7-6-20(26)22(27-21)16-8-10-25(4,5)11-9-16/h6-8,17-19H,9-15,26H2,1-5H3. The van der Waals surface area contributed by atoms with Crippen LogP contribution in [-0.2, 0) is 9.47 Å². The van der Waals surface area contributed by atoms with E-state index in [0.29, 0.717) is 18.6 Å². The van der Waals surface area contributed by atoms with E-state index in [-0.39, 0.29) is 24.1 Å². The molecule has 1 aliphatic carbocycles. The summed E-state index contributed by atoms with van der Waals surface area (Å²) in [6, 6.07) is 4.11. The molecule has 2 N–H and O–H groups in total. The Morgan fingerprint density at radius 3 is 2.48 bits per heavy atom. The van der Waals surface area contributed by atoms with Crippen LogP contribution in [0.5, 0.6) is 0 Å². The molecule has 2 fully saturated rings. The van der Waals surface area contributed by atoms with Crippen LogP contribution in [0.15, 0.2) is 18.2 Å². The van der Waals surface area contributed by atoms with Crippen molar-refractivity contribution in [2.45, 2.75) is 90.3 Å². The molecule has 4 rings (SSSR count). The fourth-order valence-electron chi connectivity index (χ4n) is 5.03. The first kappa shape index (κ1) is 22.1. The minimum absolute atomic E-state index is 0.0184. The molecule has 6 nitrogen and oxygen atoms in total. The molecular weight excluding hydrogens is 390 g/mol. The molecule has 6 heteroatoms. The summed E-state index contributed by atoms with van der Waals surface area (Å²) in [6.45, 7) is 11.4. The highest BCUT2D eigenvalue weighted by Gasteiger charge is 2.44. The fourth-order valence-corrected chi connectivity index (χ4v) is 5.03. The zero-order valence-corrected chi connectivity index (χ0v) is 19.6. The van der Waals surface area contributed by atoms with Crippen LogP contribution in [0.1, 0.15) is 84.0 Å². The Bertz CT molecular complexity index is 857. The Morgan fingerprint density at radius 1 is 1.23 bits per heavy atom. The average Bonchev–Trinajstić information content (AvgIpc) is 2.66. The zero-order chi connectivity index (χ0) is 22.4. The number of pyridine rings is 1. The number of nitrogen functional groups attached to an aromatic ring is 1. The van der Waals surface area contributed by atoms with Crippen LogP contribution in [-0.4, -0.2) is 46.9 Å². The number of hydrogen-bond donors (Lipinski definition) is 1. The molecule has 31 heavy (non-hydrogen) atoms. The monoisotopic (exact) mass is 427 g/mol. The molecule has 0 spiro atoms. The Hall–Kier alpha value is -2.08. The van der Waals surface area contributed by atoms with Crippen molar-refractivity contribution in [2.75, 3.05) is 18.9 Å². The number of fused-ring (bicyclic) bond motifs is 2. The van der Waals surface area contributed by atoms with Gasteiger partial charge in [0.05, 0.1) is 36.7 Å². The number of carbonyl (C=O) groups is 1. The van der Waals surface area contributed by atoms with Gasteiger partial charge in [-0.05, 0) is 76.0 Å². The molecule has 0 radical (unpaired) electrons. The van der Waals surface area contributed by atoms with Crippen LogP contribution >= 0.6 is 0 Å².